The predicted octanol–water partition coefficient (Wildman–Crippen LogP) is 2.86. The lowest BCUT2D eigenvalue weighted by molar-refractivity contribution is -0.156. The maximum Gasteiger partial charge on any atom is 0.331 e. The number of nitrogens with one attached hydrogen (secondary N) is 1. The van der Waals surface area contributed by atoms with E-state index in [1.165, 1.54) is 4.90 Å². The van der Waals surface area contributed by atoms with Crippen LogP contribution >= 0.6 is 0 Å². The summed E-state index contributed by atoms with van der Waals surface area (Å²) in [5.41, 5.74) is 0.179. The van der Waals surface area contributed by atoms with Crippen LogP contribution < -0.4 is 10.2 Å². The number of barbiturate groups is 1. The number of carbonyl (C=O) groups is 3. The molecule has 1 aromatic rings. The van der Waals surface area contributed by atoms with Crippen molar-refractivity contribution in [1.29, 1.82) is 0 Å². The molecule has 0 aliphatic carbocycles. The minimum Gasteiger partial charge on any atom is -0.367 e. The first-order chi connectivity index (χ1) is 12.8. The summed E-state index contributed by atoms with van der Waals surface area (Å²) in [6, 6.07) is 7.20. The molecule has 2 saturated heterocycles. The Morgan fingerprint density at radius 1 is 1.07 bits per heavy atom. The Bertz CT molecular complexity index is 813. The lowest BCUT2D eigenvalue weighted by Gasteiger charge is -2.53. The molecular formula is C21H27N3O3. The van der Waals surface area contributed by atoms with E-state index >= 15 is 0 Å². The molecule has 1 aromatic carbocycles. The van der Waals surface area contributed by atoms with Gasteiger partial charge in [0.2, 0.25) is 11.8 Å². The highest BCUT2D eigenvalue weighted by Crippen LogP contribution is 2.47. The molecule has 3 aliphatic heterocycles. The van der Waals surface area contributed by atoms with E-state index in [0.717, 1.165) is 43.5 Å². The molecule has 0 radical (unpaired) electrons. The molecule has 0 aromatic heterocycles. The Labute approximate surface area is 159 Å². The minimum atomic E-state index is -1.25. The van der Waals surface area contributed by atoms with Crippen LogP contribution in [0.2, 0.25) is 0 Å². The lowest BCUT2D eigenvalue weighted by atomic mass is 9.67. The predicted molar refractivity (Wildman–Crippen MR) is 102 cm³/mol. The molecule has 1 spiro atoms. The van der Waals surface area contributed by atoms with Crippen molar-refractivity contribution in [2.24, 2.45) is 5.41 Å². The summed E-state index contributed by atoms with van der Waals surface area (Å²) in [5.74, 6) is -0.792. The molecule has 0 unspecified atom stereocenters. The summed E-state index contributed by atoms with van der Waals surface area (Å²) in [7, 11) is 0. The molecule has 4 rings (SSSR count). The number of hydrogen-bond donors (Lipinski definition) is 1. The quantitative estimate of drug-likeness (QED) is 0.714. The molecule has 144 valence electrons. The van der Waals surface area contributed by atoms with Gasteiger partial charge in [0.25, 0.3) is 0 Å². The highest BCUT2D eigenvalue weighted by molar-refractivity contribution is 6.20. The van der Waals surface area contributed by atoms with Gasteiger partial charge in [-0.2, -0.15) is 0 Å². The first kappa shape index (κ1) is 18.0. The van der Waals surface area contributed by atoms with Crippen LogP contribution in [-0.2, 0) is 16.0 Å². The molecule has 0 bridgehead atoms. The molecule has 6 heteroatoms. The third kappa shape index (κ3) is 2.57. The summed E-state index contributed by atoms with van der Waals surface area (Å²) >= 11 is 0. The van der Waals surface area contributed by atoms with Gasteiger partial charge in [-0.25, -0.2) is 4.79 Å². The largest absolute Gasteiger partial charge is 0.367 e. The van der Waals surface area contributed by atoms with Gasteiger partial charge in [-0.1, -0.05) is 31.0 Å². The zero-order chi connectivity index (χ0) is 19.4. The van der Waals surface area contributed by atoms with Crippen LogP contribution in [0.4, 0.5) is 10.5 Å². The Morgan fingerprint density at radius 3 is 2.56 bits per heavy atom. The molecule has 4 amide bonds. The van der Waals surface area contributed by atoms with Crippen molar-refractivity contribution in [1.82, 2.24) is 10.2 Å². The number of imide groups is 2. The Morgan fingerprint density at radius 2 is 1.81 bits per heavy atom. The molecular weight excluding hydrogens is 342 g/mol. The Hall–Kier alpha value is -2.37. The molecule has 2 fully saturated rings. The van der Waals surface area contributed by atoms with Crippen LogP contribution in [0.1, 0.15) is 52.0 Å². The fourth-order valence-electron chi connectivity index (χ4n) is 4.98. The molecule has 2 atom stereocenters. The van der Waals surface area contributed by atoms with Gasteiger partial charge >= 0.3 is 6.03 Å². The van der Waals surface area contributed by atoms with E-state index < -0.39 is 22.9 Å². The average molecular weight is 369 g/mol. The summed E-state index contributed by atoms with van der Waals surface area (Å²) in [5, 5.41) is 2.51. The Balaban J connectivity index is 1.90. The number of carbonyl (C=O) groups excluding carboxylic acids is 3. The van der Waals surface area contributed by atoms with E-state index in [4.69, 9.17) is 0 Å². The van der Waals surface area contributed by atoms with Gasteiger partial charge in [0.1, 0.15) is 0 Å². The van der Waals surface area contributed by atoms with E-state index in [-0.39, 0.29) is 11.9 Å². The van der Waals surface area contributed by atoms with E-state index in [1.54, 1.807) is 0 Å². The van der Waals surface area contributed by atoms with Crippen LogP contribution in [0, 0.1) is 5.41 Å². The van der Waals surface area contributed by atoms with Crippen molar-refractivity contribution < 1.29 is 14.4 Å². The van der Waals surface area contributed by atoms with Gasteiger partial charge in [-0.05, 0) is 51.7 Å². The fraction of sp³-hybridized carbons (Fsp3) is 0.571. The van der Waals surface area contributed by atoms with Gasteiger partial charge in [0.15, 0.2) is 5.41 Å². The van der Waals surface area contributed by atoms with E-state index in [0.29, 0.717) is 6.42 Å². The van der Waals surface area contributed by atoms with Gasteiger partial charge in [0.05, 0.1) is 6.04 Å². The number of amides is 4. The number of benzene rings is 1. The summed E-state index contributed by atoms with van der Waals surface area (Å²) < 4.78 is 0. The van der Waals surface area contributed by atoms with Crippen LogP contribution in [0.5, 0.6) is 0 Å². The first-order valence-corrected chi connectivity index (χ1v) is 9.81. The zero-order valence-electron chi connectivity index (χ0n) is 16.2. The average Bonchev–Trinajstić information content (AvgIpc) is 2.85. The molecule has 6 nitrogen and oxygen atoms in total. The van der Waals surface area contributed by atoms with E-state index in [9.17, 15) is 14.4 Å². The number of nitrogens with zero attached hydrogens (tertiary/aromatic N) is 2. The van der Waals surface area contributed by atoms with Gasteiger partial charge in [-0.15, -0.1) is 0 Å². The maximum absolute atomic E-state index is 13.8. The topological polar surface area (TPSA) is 69.7 Å². The monoisotopic (exact) mass is 369 g/mol. The molecule has 27 heavy (non-hydrogen) atoms. The normalized spacial score (nSPS) is 28.6. The second-order valence-corrected chi connectivity index (χ2v) is 8.91. The van der Waals surface area contributed by atoms with Crippen molar-refractivity contribution in [3.8, 4) is 0 Å². The summed E-state index contributed by atoms with van der Waals surface area (Å²) in [6.45, 7) is 6.31. The number of urea groups is 1. The first-order valence-electron chi connectivity index (χ1n) is 9.81. The number of fused-ring (bicyclic) bond motifs is 4. The van der Waals surface area contributed by atoms with E-state index in [2.05, 4.69) is 16.3 Å². The zero-order valence-corrected chi connectivity index (χ0v) is 16.2. The van der Waals surface area contributed by atoms with Crippen molar-refractivity contribution in [2.75, 3.05) is 11.4 Å². The second-order valence-electron chi connectivity index (χ2n) is 8.91. The van der Waals surface area contributed by atoms with Crippen LogP contribution in [0.3, 0.4) is 0 Å². The second kappa shape index (κ2) is 6.08. The van der Waals surface area contributed by atoms with E-state index in [1.807, 2.05) is 39.0 Å². The van der Waals surface area contributed by atoms with Crippen LogP contribution in [0.25, 0.3) is 0 Å². The van der Waals surface area contributed by atoms with Crippen LogP contribution in [0.15, 0.2) is 24.3 Å². The summed E-state index contributed by atoms with van der Waals surface area (Å²) in [6.07, 6.45) is 4.23. The molecule has 3 heterocycles. The molecule has 0 saturated carbocycles. The number of anilines is 1. The molecule has 3 aliphatic rings. The Kier molecular flexibility index (Phi) is 4.05. The highest BCUT2D eigenvalue weighted by atomic mass is 16.2. The van der Waals surface area contributed by atoms with Crippen LogP contribution in [-0.4, -0.2) is 40.9 Å². The summed E-state index contributed by atoms with van der Waals surface area (Å²) in [4.78, 5) is 43.0. The maximum atomic E-state index is 13.8. The van der Waals surface area contributed by atoms with Gasteiger partial charge in [-0.3, -0.25) is 19.8 Å². The third-order valence-corrected chi connectivity index (χ3v) is 6.18. The molecule has 1 N–H and O–H groups in total. The number of rotatable bonds is 0. The van der Waals surface area contributed by atoms with Crippen molar-refractivity contribution in [3.63, 3.8) is 0 Å². The van der Waals surface area contributed by atoms with Gasteiger partial charge < -0.3 is 4.90 Å². The SMILES string of the molecule is CC(C)(C)N1C(=O)NC(=O)[C@]2(Cc3ccccc3N3CCCCC[C@H]32)C1=O. The third-order valence-electron chi connectivity index (χ3n) is 6.18. The fourth-order valence-corrected chi connectivity index (χ4v) is 4.98. The smallest absolute Gasteiger partial charge is 0.331 e. The number of para-hydroxylation sites is 1. The van der Waals surface area contributed by atoms with Gasteiger partial charge in [0, 0.05) is 17.8 Å². The van der Waals surface area contributed by atoms with Crippen molar-refractivity contribution in [3.05, 3.63) is 29.8 Å². The standard InChI is InChI=1S/C21H27N3O3/c1-20(2,3)24-18(26)21(17(25)22-19(24)27)13-14-9-6-7-10-15(14)23-12-8-4-5-11-16(21)23/h6-7,9-10,16H,4-5,8,11-13H2,1-3H3,(H,22,25,27)/t16-,21+/m0/s1. The lowest BCUT2D eigenvalue weighted by Crippen LogP contribution is -2.74. The van der Waals surface area contributed by atoms with Crippen molar-refractivity contribution >= 4 is 23.5 Å². The van der Waals surface area contributed by atoms with Crippen molar-refractivity contribution in [2.45, 2.75) is 64.5 Å². The highest BCUT2D eigenvalue weighted by Gasteiger charge is 2.63. The number of hydrogen-bond acceptors (Lipinski definition) is 4. The minimum absolute atomic E-state index is 0.222.